The maximum absolute atomic E-state index is 11.7. The third kappa shape index (κ3) is 4.08. The van der Waals surface area contributed by atoms with Crippen LogP contribution in [0.2, 0.25) is 0 Å². The van der Waals surface area contributed by atoms with Crippen molar-refractivity contribution in [2.75, 3.05) is 6.26 Å². The summed E-state index contributed by atoms with van der Waals surface area (Å²) >= 11 is 0. The van der Waals surface area contributed by atoms with E-state index in [9.17, 15) is 18.0 Å². The predicted octanol–water partition coefficient (Wildman–Crippen LogP) is 0.734. The summed E-state index contributed by atoms with van der Waals surface area (Å²) in [6.07, 6.45) is 2.94. The molecule has 2 rings (SSSR count). The summed E-state index contributed by atoms with van der Waals surface area (Å²) in [7, 11) is -3.60. The molecule has 0 aliphatic rings. The lowest BCUT2D eigenvalue weighted by Crippen LogP contribution is -2.32. The number of hydrogen-bond donors (Lipinski definition) is 2. The maximum Gasteiger partial charge on any atom is 0.303 e. The third-order valence-corrected chi connectivity index (χ3v) is 3.69. The molecule has 0 saturated carbocycles. The molecule has 0 radical (unpaired) electrons. The number of carbonyl (C=O) groups excluding carboxylic acids is 1. The first-order chi connectivity index (χ1) is 10.3. The fourth-order valence-corrected chi connectivity index (χ4v) is 2.77. The fraction of sp³-hybridized carbons (Fsp3) is 0.286. The molecule has 7 nitrogen and oxygen atoms in total. The molecule has 0 bridgehead atoms. The number of aryl methyl sites for hydroxylation is 1. The number of para-hydroxylation sites is 1. The highest BCUT2D eigenvalue weighted by atomic mass is 32.2. The Kier molecular flexibility index (Phi) is 4.51. The van der Waals surface area contributed by atoms with Crippen molar-refractivity contribution in [3.8, 4) is 0 Å². The van der Waals surface area contributed by atoms with Gasteiger partial charge in [0.2, 0.25) is 10.0 Å². The van der Waals surface area contributed by atoms with E-state index in [1.165, 1.54) is 0 Å². The van der Waals surface area contributed by atoms with Gasteiger partial charge in [0.05, 0.1) is 6.26 Å². The molecule has 1 aromatic heterocycles. The zero-order valence-corrected chi connectivity index (χ0v) is 12.8. The number of carbonyl (C=O) groups is 2. The molecule has 0 unspecified atom stereocenters. The van der Waals surface area contributed by atoms with Crippen LogP contribution in [0.5, 0.6) is 0 Å². The van der Waals surface area contributed by atoms with Crippen LogP contribution in [0.25, 0.3) is 10.9 Å². The molecule has 2 aromatic rings. The smallest absolute Gasteiger partial charge is 0.303 e. The topological polar surface area (TPSA) is 105 Å². The van der Waals surface area contributed by atoms with E-state index in [0.29, 0.717) is 6.42 Å². The predicted molar refractivity (Wildman–Crippen MR) is 80.9 cm³/mol. The molecule has 0 aliphatic heterocycles. The van der Waals surface area contributed by atoms with E-state index in [1.807, 2.05) is 16.9 Å². The van der Waals surface area contributed by atoms with Crippen LogP contribution < -0.4 is 4.72 Å². The number of aliphatic carboxylic acids is 1. The van der Waals surface area contributed by atoms with Crippen LogP contribution in [0.15, 0.2) is 30.5 Å². The lowest BCUT2D eigenvalue weighted by molar-refractivity contribution is -0.137. The van der Waals surface area contributed by atoms with Crippen molar-refractivity contribution in [2.24, 2.45) is 0 Å². The Morgan fingerprint density at radius 3 is 2.59 bits per heavy atom. The number of amides is 1. The first kappa shape index (κ1) is 16.0. The van der Waals surface area contributed by atoms with E-state index < -0.39 is 21.9 Å². The number of carboxylic acid groups (broad SMARTS) is 1. The molecule has 0 atom stereocenters. The van der Waals surface area contributed by atoms with E-state index in [0.717, 1.165) is 22.7 Å². The quantitative estimate of drug-likeness (QED) is 0.815. The molecule has 0 aliphatic carbocycles. The van der Waals surface area contributed by atoms with E-state index in [-0.39, 0.29) is 13.0 Å². The SMILES string of the molecule is CS(=O)(=O)NC(=O)Cn1cc(CCC(=O)O)c2ccccc21. The highest BCUT2D eigenvalue weighted by Crippen LogP contribution is 2.22. The van der Waals surface area contributed by atoms with E-state index >= 15 is 0 Å². The Labute approximate surface area is 127 Å². The van der Waals surface area contributed by atoms with Crippen molar-refractivity contribution >= 4 is 32.8 Å². The normalized spacial score (nSPS) is 11.5. The van der Waals surface area contributed by atoms with Crippen LogP contribution in [0, 0.1) is 0 Å². The molecule has 118 valence electrons. The molecular weight excluding hydrogens is 308 g/mol. The van der Waals surface area contributed by atoms with Crippen LogP contribution in [0.1, 0.15) is 12.0 Å². The number of aromatic nitrogens is 1. The summed E-state index contributed by atoms with van der Waals surface area (Å²) in [5.41, 5.74) is 1.57. The molecular formula is C14H16N2O5S. The van der Waals surface area contributed by atoms with Gasteiger partial charge in [-0.25, -0.2) is 8.42 Å². The van der Waals surface area contributed by atoms with Crippen LogP contribution >= 0.6 is 0 Å². The van der Waals surface area contributed by atoms with Gasteiger partial charge < -0.3 is 9.67 Å². The van der Waals surface area contributed by atoms with E-state index in [2.05, 4.69) is 0 Å². The molecule has 22 heavy (non-hydrogen) atoms. The fourth-order valence-electron chi connectivity index (χ4n) is 2.29. The van der Waals surface area contributed by atoms with Crippen molar-refractivity contribution < 1.29 is 23.1 Å². The van der Waals surface area contributed by atoms with E-state index in [4.69, 9.17) is 5.11 Å². The van der Waals surface area contributed by atoms with Crippen molar-refractivity contribution in [2.45, 2.75) is 19.4 Å². The minimum atomic E-state index is -3.60. The van der Waals surface area contributed by atoms with Gasteiger partial charge in [-0.3, -0.25) is 14.3 Å². The summed E-state index contributed by atoms with van der Waals surface area (Å²) in [4.78, 5) is 22.5. The Hall–Kier alpha value is -2.35. The lowest BCUT2D eigenvalue weighted by Gasteiger charge is -2.05. The number of hydrogen-bond acceptors (Lipinski definition) is 4. The van der Waals surface area contributed by atoms with E-state index in [1.54, 1.807) is 22.9 Å². The Balaban J connectivity index is 2.30. The minimum Gasteiger partial charge on any atom is -0.481 e. The average Bonchev–Trinajstić information content (AvgIpc) is 2.73. The molecule has 0 spiro atoms. The second kappa shape index (κ2) is 6.18. The Morgan fingerprint density at radius 1 is 1.27 bits per heavy atom. The molecule has 8 heteroatoms. The summed E-state index contributed by atoms with van der Waals surface area (Å²) in [5, 5.41) is 9.65. The largest absolute Gasteiger partial charge is 0.481 e. The first-order valence-corrected chi connectivity index (χ1v) is 8.44. The second-order valence-electron chi connectivity index (χ2n) is 4.99. The number of nitrogens with zero attached hydrogens (tertiary/aromatic N) is 1. The third-order valence-electron chi connectivity index (χ3n) is 3.09. The van der Waals surface area contributed by atoms with Gasteiger partial charge in [0, 0.05) is 23.5 Å². The average molecular weight is 324 g/mol. The van der Waals surface area contributed by atoms with Gasteiger partial charge in [-0.1, -0.05) is 18.2 Å². The monoisotopic (exact) mass is 324 g/mol. The Bertz CT molecular complexity index is 823. The highest BCUT2D eigenvalue weighted by Gasteiger charge is 2.13. The number of benzene rings is 1. The van der Waals surface area contributed by atoms with Crippen molar-refractivity contribution in [1.82, 2.24) is 9.29 Å². The van der Waals surface area contributed by atoms with Crippen molar-refractivity contribution in [3.63, 3.8) is 0 Å². The number of fused-ring (bicyclic) bond motifs is 1. The number of nitrogens with one attached hydrogen (secondary N) is 1. The van der Waals surface area contributed by atoms with Gasteiger partial charge in [-0.05, 0) is 18.1 Å². The summed E-state index contributed by atoms with van der Waals surface area (Å²) in [6, 6.07) is 7.27. The van der Waals surface area contributed by atoms with Crippen LogP contribution in [-0.4, -0.2) is 36.2 Å². The lowest BCUT2D eigenvalue weighted by atomic mass is 10.1. The van der Waals surface area contributed by atoms with Crippen LogP contribution in [0.4, 0.5) is 0 Å². The molecule has 0 saturated heterocycles. The molecule has 1 amide bonds. The van der Waals surface area contributed by atoms with Crippen LogP contribution in [-0.2, 0) is 32.6 Å². The molecule has 0 fully saturated rings. The van der Waals surface area contributed by atoms with Crippen LogP contribution in [0.3, 0.4) is 0 Å². The molecule has 1 aromatic carbocycles. The van der Waals surface area contributed by atoms with Crippen molar-refractivity contribution in [1.29, 1.82) is 0 Å². The zero-order valence-electron chi connectivity index (χ0n) is 11.9. The van der Waals surface area contributed by atoms with Crippen molar-refractivity contribution in [3.05, 3.63) is 36.0 Å². The zero-order chi connectivity index (χ0) is 16.3. The van der Waals surface area contributed by atoms with Gasteiger partial charge in [-0.2, -0.15) is 0 Å². The van der Waals surface area contributed by atoms with Gasteiger partial charge in [0.25, 0.3) is 5.91 Å². The summed E-state index contributed by atoms with van der Waals surface area (Å²) in [5.74, 6) is -1.54. The molecule has 2 N–H and O–H groups in total. The summed E-state index contributed by atoms with van der Waals surface area (Å²) in [6.45, 7) is -0.152. The highest BCUT2D eigenvalue weighted by molar-refractivity contribution is 7.89. The molecule has 1 heterocycles. The number of sulfonamides is 1. The summed E-state index contributed by atoms with van der Waals surface area (Å²) < 4.78 is 25.7. The minimum absolute atomic E-state index is 0.0104. The van der Waals surface area contributed by atoms with Gasteiger partial charge in [0.15, 0.2) is 0 Å². The van der Waals surface area contributed by atoms with Gasteiger partial charge in [0.1, 0.15) is 6.54 Å². The number of carboxylic acids is 1. The maximum atomic E-state index is 11.7. The second-order valence-corrected chi connectivity index (χ2v) is 6.74. The van der Waals surface area contributed by atoms with Gasteiger partial charge >= 0.3 is 5.97 Å². The standard InChI is InChI=1S/C14H16N2O5S/c1-22(20,21)15-13(17)9-16-8-10(6-7-14(18)19)11-4-2-3-5-12(11)16/h2-5,8H,6-7,9H2,1H3,(H,15,17)(H,18,19). The van der Waals surface area contributed by atoms with Gasteiger partial charge in [-0.15, -0.1) is 0 Å². The first-order valence-electron chi connectivity index (χ1n) is 6.55. The Morgan fingerprint density at radius 2 is 1.95 bits per heavy atom. The number of rotatable bonds is 6.